The number of anilines is 1. The molecule has 0 amide bonds. The molecule has 0 fully saturated rings. The summed E-state index contributed by atoms with van der Waals surface area (Å²) in [6.07, 6.45) is 4.44. The van der Waals surface area contributed by atoms with Gasteiger partial charge in [-0.1, -0.05) is 54.6 Å². The van der Waals surface area contributed by atoms with Crippen molar-refractivity contribution >= 4 is 11.5 Å². The molecule has 164 valence electrons. The van der Waals surface area contributed by atoms with Crippen molar-refractivity contribution in [2.24, 2.45) is 0 Å². The number of nitrogens with zero attached hydrogens (tertiary/aromatic N) is 2. The van der Waals surface area contributed by atoms with Crippen LogP contribution in [0.5, 0.6) is 5.75 Å². The summed E-state index contributed by atoms with van der Waals surface area (Å²) in [5, 5.41) is 12.1. The minimum atomic E-state index is -1.03. The van der Waals surface area contributed by atoms with Gasteiger partial charge in [0.2, 0.25) is 0 Å². The lowest BCUT2D eigenvalue weighted by molar-refractivity contribution is -0.658. The Labute approximate surface area is 190 Å². The highest BCUT2D eigenvalue weighted by Gasteiger charge is 2.51. The van der Waals surface area contributed by atoms with E-state index in [1.165, 1.54) is 23.4 Å². The summed E-state index contributed by atoms with van der Waals surface area (Å²) < 4.78 is 7.87. The van der Waals surface area contributed by atoms with E-state index in [-0.39, 0.29) is 0 Å². The average Bonchev–Trinajstić information content (AvgIpc) is 2.98. The summed E-state index contributed by atoms with van der Waals surface area (Å²) in [6.45, 7) is 4.06. The second-order valence-corrected chi connectivity index (χ2v) is 8.65. The zero-order chi connectivity index (χ0) is 22.0. The molecule has 0 bridgehead atoms. The molecule has 0 aromatic heterocycles. The highest BCUT2D eigenvalue weighted by molar-refractivity contribution is 5.96. The van der Waals surface area contributed by atoms with Crippen LogP contribution in [0.2, 0.25) is 0 Å². The van der Waals surface area contributed by atoms with Crippen molar-refractivity contribution in [3.05, 3.63) is 84.4 Å². The Balaban J connectivity index is 1.49. The predicted molar refractivity (Wildman–Crippen MR) is 129 cm³/mol. The van der Waals surface area contributed by atoms with Crippen molar-refractivity contribution in [2.45, 2.75) is 38.3 Å². The van der Waals surface area contributed by atoms with Gasteiger partial charge in [-0.25, -0.2) is 9.48 Å². The van der Waals surface area contributed by atoms with Crippen molar-refractivity contribution in [3.8, 4) is 16.9 Å². The van der Waals surface area contributed by atoms with Gasteiger partial charge in [0.05, 0.1) is 13.2 Å². The number of aliphatic hydroxyl groups is 1. The lowest BCUT2D eigenvalue weighted by Gasteiger charge is -2.24. The summed E-state index contributed by atoms with van der Waals surface area (Å²) in [7, 11) is 0. The molecule has 4 heteroatoms. The molecule has 0 unspecified atom stereocenters. The molecule has 0 radical (unpaired) electrons. The van der Waals surface area contributed by atoms with E-state index in [2.05, 4.69) is 70.1 Å². The van der Waals surface area contributed by atoms with Crippen LogP contribution in [0.15, 0.2) is 78.9 Å². The van der Waals surface area contributed by atoms with E-state index in [9.17, 15) is 5.11 Å². The third-order valence-electron chi connectivity index (χ3n) is 6.64. The maximum atomic E-state index is 12.1. The van der Waals surface area contributed by atoms with Crippen LogP contribution in [0, 0.1) is 0 Å². The van der Waals surface area contributed by atoms with Crippen LogP contribution in [0.1, 0.15) is 38.2 Å². The predicted octanol–water partition coefficient (Wildman–Crippen LogP) is 5.40. The van der Waals surface area contributed by atoms with Gasteiger partial charge in [0.15, 0.2) is 6.54 Å². The Bertz CT molecular complexity index is 1090. The highest BCUT2D eigenvalue weighted by atomic mass is 16.5. The fourth-order valence-electron chi connectivity index (χ4n) is 5.01. The molecule has 32 heavy (non-hydrogen) atoms. The first-order valence-corrected chi connectivity index (χ1v) is 11.7. The number of benzene rings is 3. The summed E-state index contributed by atoms with van der Waals surface area (Å²) in [6, 6.07) is 27.1. The molecule has 3 aromatic carbocycles. The molecule has 0 aliphatic carbocycles. The number of β-amino-alcohol motifs (C(OH)–C–C–N with tert-alkyl or cyclic N) is 1. The lowest BCUT2D eigenvalue weighted by atomic mass is 9.98. The van der Waals surface area contributed by atoms with Gasteiger partial charge < -0.3 is 9.84 Å². The minimum Gasteiger partial charge on any atom is -0.494 e. The van der Waals surface area contributed by atoms with Crippen molar-refractivity contribution in [1.82, 2.24) is 0 Å². The number of hydrogen-bond acceptors (Lipinski definition) is 3. The van der Waals surface area contributed by atoms with E-state index in [1.807, 2.05) is 25.1 Å². The Morgan fingerprint density at radius 2 is 1.59 bits per heavy atom. The number of ether oxygens (including phenoxy) is 1. The molecule has 5 rings (SSSR count). The summed E-state index contributed by atoms with van der Waals surface area (Å²) in [4.78, 5) is 2.30. The Kier molecular flexibility index (Phi) is 5.71. The van der Waals surface area contributed by atoms with Crippen LogP contribution in [-0.2, 0) is 5.72 Å². The quantitative estimate of drug-likeness (QED) is 0.554. The van der Waals surface area contributed by atoms with Crippen molar-refractivity contribution in [1.29, 1.82) is 0 Å². The van der Waals surface area contributed by atoms with E-state index in [0.29, 0.717) is 13.2 Å². The smallest absolute Gasteiger partial charge is 0.271 e. The molecule has 1 N–H and O–H groups in total. The second kappa shape index (κ2) is 8.79. The van der Waals surface area contributed by atoms with E-state index in [0.717, 1.165) is 42.8 Å². The van der Waals surface area contributed by atoms with E-state index in [4.69, 9.17) is 4.74 Å². The SMILES string of the molecule is CCOc1ccc(N2C[C@@](O)(c3ccc(-c4ccccc4)cc3)[N+]3=C2CCCCC3)cc1. The van der Waals surface area contributed by atoms with Crippen molar-refractivity contribution in [2.75, 3.05) is 24.6 Å². The number of amidine groups is 1. The lowest BCUT2D eigenvalue weighted by Crippen LogP contribution is -2.41. The van der Waals surface area contributed by atoms with Crippen LogP contribution < -0.4 is 9.64 Å². The molecule has 0 saturated heterocycles. The standard InChI is InChI=1S/C28H31N2O2/c1-2-32-26-18-16-25(17-19-26)29-21-28(31,30-20-8-4-7-11-27(29)30)24-14-12-23(13-15-24)22-9-5-3-6-10-22/h3,5-6,9-10,12-19,31H,2,4,7-8,11,20-21H2,1H3/q+1/t28-/m1/s1. The zero-order valence-corrected chi connectivity index (χ0v) is 18.7. The normalized spacial score (nSPS) is 20.8. The zero-order valence-electron chi connectivity index (χ0n) is 18.7. The fourth-order valence-corrected chi connectivity index (χ4v) is 5.01. The first-order chi connectivity index (χ1) is 15.7. The fraction of sp³-hybridized carbons (Fsp3) is 0.321. The van der Waals surface area contributed by atoms with Crippen molar-refractivity contribution in [3.63, 3.8) is 0 Å². The van der Waals surface area contributed by atoms with E-state index in [1.54, 1.807) is 0 Å². The molecule has 2 heterocycles. The molecular weight excluding hydrogens is 396 g/mol. The van der Waals surface area contributed by atoms with Gasteiger partial charge in [0.25, 0.3) is 11.6 Å². The van der Waals surface area contributed by atoms with Crippen LogP contribution in [0.25, 0.3) is 11.1 Å². The van der Waals surface area contributed by atoms with Crippen LogP contribution in [0.4, 0.5) is 5.69 Å². The van der Waals surface area contributed by atoms with Crippen LogP contribution in [-0.4, -0.2) is 35.2 Å². The summed E-state index contributed by atoms with van der Waals surface area (Å²) >= 11 is 0. The van der Waals surface area contributed by atoms with Crippen LogP contribution in [0.3, 0.4) is 0 Å². The molecule has 2 aliphatic heterocycles. The molecule has 0 saturated carbocycles. The summed E-state index contributed by atoms with van der Waals surface area (Å²) in [5.74, 6) is 2.10. The minimum absolute atomic E-state index is 0.529. The average molecular weight is 428 g/mol. The van der Waals surface area contributed by atoms with E-state index < -0.39 is 5.72 Å². The molecule has 3 aromatic rings. The van der Waals surface area contributed by atoms with Gasteiger partial charge >= 0.3 is 0 Å². The molecule has 4 nitrogen and oxygen atoms in total. The summed E-state index contributed by atoms with van der Waals surface area (Å²) in [5.41, 5.74) is 3.38. The Hall–Kier alpha value is -3.11. The number of rotatable bonds is 5. The molecular formula is C28H31N2O2+. The van der Waals surface area contributed by atoms with Crippen molar-refractivity contribution < 1.29 is 14.4 Å². The Morgan fingerprint density at radius 3 is 2.31 bits per heavy atom. The molecule has 1 atom stereocenters. The maximum Gasteiger partial charge on any atom is 0.271 e. The van der Waals surface area contributed by atoms with Crippen LogP contribution >= 0.6 is 0 Å². The topological polar surface area (TPSA) is 35.7 Å². The number of hydrogen-bond donors (Lipinski definition) is 1. The molecule has 2 aliphatic rings. The monoisotopic (exact) mass is 427 g/mol. The second-order valence-electron chi connectivity index (χ2n) is 8.65. The largest absolute Gasteiger partial charge is 0.494 e. The van der Waals surface area contributed by atoms with E-state index >= 15 is 0 Å². The van der Waals surface area contributed by atoms with Gasteiger partial charge in [0.1, 0.15) is 11.4 Å². The molecule has 0 spiro atoms. The first-order valence-electron chi connectivity index (χ1n) is 11.7. The third kappa shape index (κ3) is 3.80. The third-order valence-corrected chi connectivity index (χ3v) is 6.64. The van der Waals surface area contributed by atoms with Gasteiger partial charge in [-0.15, -0.1) is 0 Å². The van der Waals surface area contributed by atoms with Gasteiger partial charge in [-0.3, -0.25) is 0 Å². The van der Waals surface area contributed by atoms with Gasteiger partial charge in [0, 0.05) is 12.0 Å². The Morgan fingerprint density at radius 1 is 0.875 bits per heavy atom. The highest BCUT2D eigenvalue weighted by Crippen LogP contribution is 2.36. The first kappa shape index (κ1) is 20.8. The van der Waals surface area contributed by atoms with Gasteiger partial charge in [-0.2, -0.15) is 0 Å². The van der Waals surface area contributed by atoms with Gasteiger partial charge in [-0.05, 0) is 61.6 Å². The maximum absolute atomic E-state index is 12.1.